The standard InChI is InChI=1S/C13H20N2O2S2/c1-4-18-10-12-8-6-5-7-11(12)9-15(13(16)17)19-14(2)3/h5-8H,4,9-10H2,1-3H3,(H,16,17). The Labute approximate surface area is 123 Å². The summed E-state index contributed by atoms with van der Waals surface area (Å²) in [6, 6.07) is 8.02. The zero-order valence-electron chi connectivity index (χ0n) is 11.5. The highest BCUT2D eigenvalue weighted by atomic mass is 32.2. The van der Waals surface area contributed by atoms with Crippen molar-refractivity contribution in [3.63, 3.8) is 0 Å². The van der Waals surface area contributed by atoms with Gasteiger partial charge < -0.3 is 5.11 Å². The Kier molecular flexibility index (Phi) is 7.12. The van der Waals surface area contributed by atoms with Gasteiger partial charge in [0.05, 0.1) is 6.54 Å². The zero-order valence-corrected chi connectivity index (χ0v) is 13.1. The van der Waals surface area contributed by atoms with Gasteiger partial charge in [0.15, 0.2) is 0 Å². The lowest BCUT2D eigenvalue weighted by molar-refractivity contribution is 0.173. The summed E-state index contributed by atoms with van der Waals surface area (Å²) in [4.78, 5) is 11.2. The number of carbonyl (C=O) groups is 1. The van der Waals surface area contributed by atoms with Gasteiger partial charge in [0.1, 0.15) is 0 Å². The van der Waals surface area contributed by atoms with Crippen molar-refractivity contribution in [3.05, 3.63) is 35.4 Å². The summed E-state index contributed by atoms with van der Waals surface area (Å²) in [7, 11) is 3.67. The second kappa shape index (κ2) is 8.35. The molecular formula is C13H20N2O2S2. The van der Waals surface area contributed by atoms with Crippen molar-refractivity contribution in [1.82, 2.24) is 8.61 Å². The molecule has 1 N–H and O–H groups in total. The van der Waals surface area contributed by atoms with E-state index in [1.165, 1.54) is 22.0 Å². The fourth-order valence-electron chi connectivity index (χ4n) is 1.55. The molecule has 6 heteroatoms. The van der Waals surface area contributed by atoms with Crippen LogP contribution < -0.4 is 0 Å². The molecule has 0 saturated carbocycles. The van der Waals surface area contributed by atoms with Crippen LogP contribution in [-0.2, 0) is 12.3 Å². The summed E-state index contributed by atoms with van der Waals surface area (Å²) in [5, 5.41) is 9.22. The minimum atomic E-state index is -0.920. The third kappa shape index (κ3) is 5.76. The van der Waals surface area contributed by atoms with E-state index in [4.69, 9.17) is 0 Å². The minimum absolute atomic E-state index is 0.401. The van der Waals surface area contributed by atoms with E-state index in [9.17, 15) is 9.90 Å². The summed E-state index contributed by atoms with van der Waals surface area (Å²) >= 11 is 3.04. The molecule has 0 atom stereocenters. The maximum Gasteiger partial charge on any atom is 0.418 e. The van der Waals surface area contributed by atoms with Crippen LogP contribution in [0.15, 0.2) is 24.3 Å². The molecule has 0 aliphatic carbocycles. The van der Waals surface area contributed by atoms with Gasteiger partial charge >= 0.3 is 6.09 Å². The molecule has 1 aromatic rings. The van der Waals surface area contributed by atoms with Crippen LogP contribution in [0.2, 0.25) is 0 Å². The molecule has 0 heterocycles. The molecular weight excluding hydrogens is 280 g/mol. The maximum atomic E-state index is 11.2. The Morgan fingerprint density at radius 2 is 1.89 bits per heavy atom. The SMILES string of the molecule is CCSCc1ccccc1CN(SN(C)C)C(=O)O. The number of thioether (sulfide) groups is 1. The normalized spacial score (nSPS) is 10.7. The molecule has 1 aromatic carbocycles. The van der Waals surface area contributed by atoms with Gasteiger partial charge in [-0.05, 0) is 31.0 Å². The second-order valence-electron chi connectivity index (χ2n) is 4.12. The first-order chi connectivity index (χ1) is 9.04. The smallest absolute Gasteiger partial charge is 0.418 e. The molecule has 0 spiro atoms. The largest absolute Gasteiger partial charge is 0.464 e. The molecule has 4 nitrogen and oxygen atoms in total. The quantitative estimate of drug-likeness (QED) is 0.780. The molecule has 0 saturated heterocycles. The van der Waals surface area contributed by atoms with E-state index in [1.807, 2.05) is 44.1 Å². The highest BCUT2D eigenvalue weighted by Crippen LogP contribution is 2.22. The maximum absolute atomic E-state index is 11.2. The number of amides is 1. The van der Waals surface area contributed by atoms with Crippen LogP contribution in [0.5, 0.6) is 0 Å². The molecule has 0 aliphatic rings. The van der Waals surface area contributed by atoms with Crippen molar-refractivity contribution in [2.24, 2.45) is 0 Å². The zero-order chi connectivity index (χ0) is 14.3. The van der Waals surface area contributed by atoms with E-state index in [2.05, 4.69) is 13.0 Å². The van der Waals surface area contributed by atoms with Crippen molar-refractivity contribution in [3.8, 4) is 0 Å². The van der Waals surface area contributed by atoms with Crippen LogP contribution in [0.1, 0.15) is 18.1 Å². The van der Waals surface area contributed by atoms with Crippen LogP contribution >= 0.6 is 23.9 Å². The third-order valence-corrected chi connectivity index (χ3v) is 4.10. The van der Waals surface area contributed by atoms with E-state index in [-0.39, 0.29) is 0 Å². The van der Waals surface area contributed by atoms with Crippen molar-refractivity contribution >= 4 is 30.0 Å². The highest BCUT2D eigenvalue weighted by Gasteiger charge is 2.16. The molecule has 106 valence electrons. The minimum Gasteiger partial charge on any atom is -0.464 e. The summed E-state index contributed by atoms with van der Waals surface area (Å²) in [5.74, 6) is 1.98. The van der Waals surface area contributed by atoms with Crippen molar-refractivity contribution in [2.45, 2.75) is 19.2 Å². The molecule has 1 amide bonds. The van der Waals surface area contributed by atoms with Gasteiger partial charge in [0, 0.05) is 17.9 Å². The van der Waals surface area contributed by atoms with Gasteiger partial charge in [-0.3, -0.25) is 0 Å². The Bertz CT molecular complexity index is 413. The van der Waals surface area contributed by atoms with Gasteiger partial charge in [-0.2, -0.15) is 11.8 Å². The monoisotopic (exact) mass is 300 g/mol. The van der Waals surface area contributed by atoms with E-state index >= 15 is 0 Å². The predicted octanol–water partition coefficient (Wildman–Crippen LogP) is 3.54. The average Bonchev–Trinajstić information content (AvgIpc) is 2.36. The van der Waals surface area contributed by atoms with Crippen LogP contribution in [0, 0.1) is 0 Å². The van der Waals surface area contributed by atoms with Gasteiger partial charge in [0.25, 0.3) is 0 Å². The molecule has 0 fully saturated rings. The number of benzene rings is 1. The number of rotatable bonds is 7. The molecule has 0 aliphatic heterocycles. The molecule has 0 bridgehead atoms. The second-order valence-corrected chi connectivity index (χ2v) is 6.73. The fourth-order valence-corrected chi connectivity index (χ4v) is 2.91. The average molecular weight is 300 g/mol. The van der Waals surface area contributed by atoms with Crippen LogP contribution in [-0.4, -0.2) is 39.7 Å². The van der Waals surface area contributed by atoms with E-state index < -0.39 is 6.09 Å². The van der Waals surface area contributed by atoms with Crippen molar-refractivity contribution in [1.29, 1.82) is 0 Å². The summed E-state index contributed by atoms with van der Waals surface area (Å²) < 4.78 is 3.12. The molecule has 0 unspecified atom stereocenters. The molecule has 1 rings (SSSR count). The van der Waals surface area contributed by atoms with E-state index in [0.717, 1.165) is 17.1 Å². The van der Waals surface area contributed by atoms with E-state index in [1.54, 1.807) is 4.31 Å². The number of hydrogen-bond acceptors (Lipinski definition) is 4. The molecule has 0 aromatic heterocycles. The van der Waals surface area contributed by atoms with Gasteiger partial charge in [0.2, 0.25) is 0 Å². The number of hydrogen-bond donors (Lipinski definition) is 1. The van der Waals surface area contributed by atoms with Gasteiger partial charge in [-0.25, -0.2) is 13.4 Å². The topological polar surface area (TPSA) is 43.8 Å². The van der Waals surface area contributed by atoms with Crippen molar-refractivity contribution in [2.75, 3.05) is 19.8 Å². The Morgan fingerprint density at radius 1 is 1.26 bits per heavy atom. The predicted molar refractivity (Wildman–Crippen MR) is 83.1 cm³/mol. The van der Waals surface area contributed by atoms with Crippen molar-refractivity contribution < 1.29 is 9.90 Å². The Balaban J connectivity index is 2.80. The number of nitrogens with zero attached hydrogens (tertiary/aromatic N) is 2. The van der Waals surface area contributed by atoms with Gasteiger partial charge in [-0.1, -0.05) is 31.2 Å². The summed E-state index contributed by atoms with van der Waals surface area (Å²) in [5.41, 5.74) is 2.28. The van der Waals surface area contributed by atoms with Crippen LogP contribution in [0.3, 0.4) is 0 Å². The first kappa shape index (κ1) is 16.2. The lowest BCUT2D eigenvalue weighted by atomic mass is 10.1. The molecule has 19 heavy (non-hydrogen) atoms. The lowest BCUT2D eigenvalue weighted by Crippen LogP contribution is -2.26. The Hall–Kier alpha value is -0.850. The Morgan fingerprint density at radius 3 is 2.42 bits per heavy atom. The fraction of sp³-hybridized carbons (Fsp3) is 0.462. The number of carboxylic acid groups (broad SMARTS) is 1. The first-order valence-corrected chi connectivity index (χ1v) is 7.93. The highest BCUT2D eigenvalue weighted by molar-refractivity contribution is 7.98. The molecule has 0 radical (unpaired) electrons. The summed E-state index contributed by atoms with van der Waals surface area (Å²) in [6.07, 6.45) is -0.920. The summed E-state index contributed by atoms with van der Waals surface area (Å²) in [6.45, 7) is 2.53. The van der Waals surface area contributed by atoms with Crippen LogP contribution in [0.25, 0.3) is 0 Å². The lowest BCUT2D eigenvalue weighted by Gasteiger charge is -2.22. The van der Waals surface area contributed by atoms with Gasteiger partial charge in [-0.15, -0.1) is 0 Å². The van der Waals surface area contributed by atoms with E-state index in [0.29, 0.717) is 6.54 Å². The first-order valence-electron chi connectivity index (χ1n) is 6.05. The third-order valence-electron chi connectivity index (χ3n) is 2.37. The van der Waals surface area contributed by atoms with Crippen LogP contribution in [0.4, 0.5) is 4.79 Å².